The number of allylic oxidation sites excluding steroid dienone is 14. The van der Waals surface area contributed by atoms with Crippen LogP contribution in [0, 0.1) is 0 Å². The van der Waals surface area contributed by atoms with E-state index in [9.17, 15) is 14.4 Å². The molecule has 0 fully saturated rings. The molecule has 0 rings (SSSR count). The molecule has 0 aliphatic heterocycles. The number of ether oxygens (including phenoxy) is 3. The standard InChI is InChI=1S/C57H96O6/c1-4-7-10-13-16-19-22-24-26-28-30-32-35-38-41-44-47-50-56(59)62-53-54(52-61-55(58)49-46-43-40-37-34-21-18-15-12-9-6-3)63-57(60)51-48-45-42-39-36-33-31-29-27-25-23-20-17-14-11-8-5-2/h15-20,24-27,31,33,39,42,54H,4-14,21-23,28-30,32,34-38,40-41,43-53H2,1-3H3/b18-15-,19-16-,20-17-,26-24-,27-25-,33-31-,42-39-/t54-/m0/s1. The van der Waals surface area contributed by atoms with Crippen LogP contribution in [-0.2, 0) is 28.6 Å². The number of carbonyl (C=O) groups is 3. The highest BCUT2D eigenvalue weighted by molar-refractivity contribution is 5.71. The predicted molar refractivity (Wildman–Crippen MR) is 270 cm³/mol. The molecular formula is C57H96O6. The summed E-state index contributed by atoms with van der Waals surface area (Å²) in [6, 6.07) is 0. The molecule has 0 aliphatic rings. The molecule has 0 aromatic heterocycles. The second kappa shape index (κ2) is 51.2. The number of hydrogen-bond donors (Lipinski definition) is 0. The highest BCUT2D eigenvalue weighted by Gasteiger charge is 2.19. The maximum Gasteiger partial charge on any atom is 0.306 e. The van der Waals surface area contributed by atoms with Crippen LogP contribution in [0.25, 0.3) is 0 Å². The Morgan fingerprint density at radius 1 is 0.317 bits per heavy atom. The molecule has 0 heterocycles. The molecule has 6 nitrogen and oxygen atoms in total. The van der Waals surface area contributed by atoms with Crippen LogP contribution in [0.1, 0.15) is 239 Å². The van der Waals surface area contributed by atoms with Gasteiger partial charge >= 0.3 is 17.9 Å². The Hall–Kier alpha value is -3.41. The van der Waals surface area contributed by atoms with Gasteiger partial charge in [-0.15, -0.1) is 0 Å². The Labute approximate surface area is 388 Å². The summed E-state index contributed by atoms with van der Waals surface area (Å²) in [6.07, 6.45) is 65.7. The van der Waals surface area contributed by atoms with E-state index in [1.165, 1.54) is 103 Å². The maximum absolute atomic E-state index is 12.8. The third kappa shape index (κ3) is 49.5. The predicted octanol–water partition coefficient (Wildman–Crippen LogP) is 17.2. The molecular weight excluding hydrogens is 781 g/mol. The van der Waals surface area contributed by atoms with Crippen LogP contribution in [0.3, 0.4) is 0 Å². The Kier molecular flexibility index (Phi) is 48.5. The van der Waals surface area contributed by atoms with Crippen LogP contribution in [0.4, 0.5) is 0 Å². The van der Waals surface area contributed by atoms with Crippen molar-refractivity contribution in [1.82, 2.24) is 0 Å². The fraction of sp³-hybridized carbons (Fsp3) is 0.702. The minimum atomic E-state index is -0.811. The van der Waals surface area contributed by atoms with Crippen molar-refractivity contribution < 1.29 is 28.6 Å². The molecule has 0 aromatic carbocycles. The Bertz CT molecular complexity index is 1240. The fourth-order valence-electron chi connectivity index (χ4n) is 6.86. The quantitative estimate of drug-likeness (QED) is 0.0262. The van der Waals surface area contributed by atoms with Gasteiger partial charge in [-0.05, 0) is 109 Å². The highest BCUT2D eigenvalue weighted by atomic mass is 16.6. The second-order valence-electron chi connectivity index (χ2n) is 17.1. The summed E-state index contributed by atoms with van der Waals surface area (Å²) in [7, 11) is 0. The van der Waals surface area contributed by atoms with E-state index in [0.717, 1.165) is 89.9 Å². The van der Waals surface area contributed by atoms with Crippen molar-refractivity contribution in [1.29, 1.82) is 0 Å². The van der Waals surface area contributed by atoms with Crippen LogP contribution >= 0.6 is 0 Å². The summed E-state index contributed by atoms with van der Waals surface area (Å²) in [5, 5.41) is 0. The number of hydrogen-bond acceptors (Lipinski definition) is 6. The maximum atomic E-state index is 12.8. The van der Waals surface area contributed by atoms with E-state index >= 15 is 0 Å². The lowest BCUT2D eigenvalue weighted by atomic mass is 10.1. The summed E-state index contributed by atoms with van der Waals surface area (Å²) < 4.78 is 16.7. The lowest BCUT2D eigenvalue weighted by Crippen LogP contribution is -2.30. The van der Waals surface area contributed by atoms with E-state index in [0.29, 0.717) is 19.3 Å². The summed E-state index contributed by atoms with van der Waals surface area (Å²) in [4.78, 5) is 37.9. The molecule has 360 valence electrons. The first-order valence-corrected chi connectivity index (χ1v) is 26.1. The first kappa shape index (κ1) is 59.6. The van der Waals surface area contributed by atoms with Gasteiger partial charge in [-0.25, -0.2) is 0 Å². The van der Waals surface area contributed by atoms with Crippen molar-refractivity contribution in [3.05, 3.63) is 85.1 Å². The van der Waals surface area contributed by atoms with Crippen molar-refractivity contribution in [3.63, 3.8) is 0 Å². The molecule has 0 unspecified atom stereocenters. The topological polar surface area (TPSA) is 78.9 Å². The zero-order chi connectivity index (χ0) is 45.8. The molecule has 0 aliphatic carbocycles. The van der Waals surface area contributed by atoms with Crippen LogP contribution in [-0.4, -0.2) is 37.2 Å². The zero-order valence-electron chi connectivity index (χ0n) is 41.1. The molecule has 1 atom stereocenters. The monoisotopic (exact) mass is 877 g/mol. The average Bonchev–Trinajstić information content (AvgIpc) is 3.28. The lowest BCUT2D eigenvalue weighted by Gasteiger charge is -2.18. The van der Waals surface area contributed by atoms with E-state index in [-0.39, 0.29) is 37.5 Å². The molecule has 0 saturated carbocycles. The van der Waals surface area contributed by atoms with Gasteiger partial charge in [0.1, 0.15) is 13.2 Å². The van der Waals surface area contributed by atoms with Crippen LogP contribution in [0.5, 0.6) is 0 Å². The van der Waals surface area contributed by atoms with Crippen molar-refractivity contribution in [3.8, 4) is 0 Å². The minimum Gasteiger partial charge on any atom is -0.462 e. The fourth-order valence-corrected chi connectivity index (χ4v) is 6.86. The van der Waals surface area contributed by atoms with Gasteiger partial charge in [-0.1, -0.05) is 196 Å². The van der Waals surface area contributed by atoms with Crippen LogP contribution in [0.15, 0.2) is 85.1 Å². The van der Waals surface area contributed by atoms with Gasteiger partial charge in [0.05, 0.1) is 0 Å². The molecule has 0 amide bonds. The molecule has 0 saturated heterocycles. The smallest absolute Gasteiger partial charge is 0.306 e. The summed E-state index contributed by atoms with van der Waals surface area (Å²) in [5.74, 6) is -0.981. The molecule has 0 radical (unpaired) electrons. The van der Waals surface area contributed by atoms with Gasteiger partial charge < -0.3 is 14.2 Å². The van der Waals surface area contributed by atoms with E-state index in [1.54, 1.807) is 0 Å². The van der Waals surface area contributed by atoms with Crippen LogP contribution < -0.4 is 0 Å². The summed E-state index contributed by atoms with van der Waals surface area (Å²) in [5.41, 5.74) is 0. The van der Waals surface area contributed by atoms with Gasteiger partial charge in [-0.2, -0.15) is 0 Å². The van der Waals surface area contributed by atoms with Gasteiger partial charge in [0.2, 0.25) is 0 Å². The summed E-state index contributed by atoms with van der Waals surface area (Å²) >= 11 is 0. The molecule has 0 N–H and O–H groups in total. The van der Waals surface area contributed by atoms with Gasteiger partial charge in [-0.3, -0.25) is 14.4 Å². The lowest BCUT2D eigenvalue weighted by molar-refractivity contribution is -0.167. The van der Waals surface area contributed by atoms with E-state index < -0.39 is 6.10 Å². The van der Waals surface area contributed by atoms with E-state index in [2.05, 4.69) is 106 Å². The number of carbonyl (C=O) groups excluding carboxylic acids is 3. The third-order valence-corrected chi connectivity index (χ3v) is 10.8. The molecule has 0 aromatic rings. The van der Waals surface area contributed by atoms with Crippen LogP contribution in [0.2, 0.25) is 0 Å². The van der Waals surface area contributed by atoms with Crippen molar-refractivity contribution >= 4 is 17.9 Å². The second-order valence-corrected chi connectivity index (χ2v) is 17.1. The molecule has 63 heavy (non-hydrogen) atoms. The number of esters is 3. The molecule has 0 spiro atoms. The minimum absolute atomic E-state index is 0.106. The number of unbranched alkanes of at least 4 members (excludes halogenated alkanes) is 21. The van der Waals surface area contributed by atoms with Gasteiger partial charge in [0.25, 0.3) is 0 Å². The van der Waals surface area contributed by atoms with E-state index in [4.69, 9.17) is 14.2 Å². The number of rotatable bonds is 46. The third-order valence-electron chi connectivity index (χ3n) is 10.8. The van der Waals surface area contributed by atoms with E-state index in [1.807, 2.05) is 0 Å². The average molecular weight is 877 g/mol. The first-order valence-electron chi connectivity index (χ1n) is 26.1. The molecule has 6 heteroatoms. The zero-order valence-corrected chi connectivity index (χ0v) is 41.1. The molecule has 0 bridgehead atoms. The normalized spacial score (nSPS) is 12.7. The van der Waals surface area contributed by atoms with Crippen molar-refractivity contribution in [2.75, 3.05) is 13.2 Å². The van der Waals surface area contributed by atoms with Gasteiger partial charge in [0, 0.05) is 19.3 Å². The SMILES string of the molecule is CCCC/C=C\CCCCCCCC(=O)OC[C@@H](COC(=O)CCCCCCCCC/C=C\C/C=C\CCCCC)OC(=O)CCC/C=C\C/C=C\C/C=C\C/C=C\CCCCC. The first-order chi connectivity index (χ1) is 31.0. The largest absolute Gasteiger partial charge is 0.462 e. The Morgan fingerprint density at radius 2 is 0.603 bits per heavy atom. The van der Waals surface area contributed by atoms with Crippen molar-refractivity contribution in [2.45, 2.75) is 245 Å². The Morgan fingerprint density at radius 3 is 1.00 bits per heavy atom. The highest BCUT2D eigenvalue weighted by Crippen LogP contribution is 2.13. The van der Waals surface area contributed by atoms with Crippen molar-refractivity contribution in [2.24, 2.45) is 0 Å². The van der Waals surface area contributed by atoms with Gasteiger partial charge in [0.15, 0.2) is 6.10 Å². The Balaban J connectivity index is 4.48. The summed E-state index contributed by atoms with van der Waals surface area (Å²) in [6.45, 7) is 6.48.